The number of halogens is 3. The molecule has 27 heavy (non-hydrogen) atoms. The Morgan fingerprint density at radius 3 is 2.67 bits per heavy atom. The third kappa shape index (κ3) is 6.98. The quantitative estimate of drug-likeness (QED) is 0.325. The molecule has 152 valence electrons. The van der Waals surface area contributed by atoms with E-state index in [2.05, 4.69) is 17.2 Å². The fourth-order valence-electron chi connectivity index (χ4n) is 3.36. The van der Waals surface area contributed by atoms with E-state index in [0.29, 0.717) is 29.1 Å². The molecule has 0 radical (unpaired) electrons. The van der Waals surface area contributed by atoms with Gasteiger partial charge >= 0.3 is 0 Å². The van der Waals surface area contributed by atoms with Crippen LogP contribution in [0, 0.1) is 0 Å². The molecule has 0 bridgehead atoms. The maximum absolute atomic E-state index is 11.9. The number of guanidine groups is 1. The highest BCUT2D eigenvalue weighted by Crippen LogP contribution is 2.23. The second-order valence-electron chi connectivity index (χ2n) is 6.62. The zero-order valence-electron chi connectivity index (χ0n) is 16.2. The van der Waals surface area contributed by atoms with Crippen LogP contribution in [0.4, 0.5) is 0 Å². The summed E-state index contributed by atoms with van der Waals surface area (Å²) in [6.07, 6.45) is 3.57. The van der Waals surface area contributed by atoms with Gasteiger partial charge in [-0.2, -0.15) is 0 Å². The summed E-state index contributed by atoms with van der Waals surface area (Å²) in [7, 11) is 3.76. The first-order chi connectivity index (χ1) is 12.5. The predicted octanol–water partition coefficient (Wildman–Crippen LogP) is 4.41. The molecule has 0 aliphatic carbocycles. The Balaban J connectivity index is 0.00000364. The third-order valence-electron chi connectivity index (χ3n) is 4.76. The average Bonchev–Trinajstić information content (AvgIpc) is 3.04. The zero-order chi connectivity index (χ0) is 19.1. The first-order valence-corrected chi connectivity index (χ1v) is 9.87. The van der Waals surface area contributed by atoms with Gasteiger partial charge in [-0.25, -0.2) is 0 Å². The number of nitrogens with one attached hydrogen (secondary N) is 1. The van der Waals surface area contributed by atoms with Gasteiger partial charge in [0.25, 0.3) is 0 Å². The molecule has 1 atom stereocenters. The minimum absolute atomic E-state index is 0. The molecule has 5 nitrogen and oxygen atoms in total. The molecule has 0 aromatic heterocycles. The summed E-state index contributed by atoms with van der Waals surface area (Å²) >= 11 is 12.1. The SMILES string of the molecule is CCC(CCNC(=NC)N(C)Cc1ccc(Cl)c(Cl)c1)N1CCCC1=O.I. The van der Waals surface area contributed by atoms with E-state index < -0.39 is 0 Å². The second-order valence-corrected chi connectivity index (χ2v) is 7.43. The van der Waals surface area contributed by atoms with Gasteiger partial charge in [0, 0.05) is 46.2 Å². The van der Waals surface area contributed by atoms with Gasteiger partial charge < -0.3 is 15.1 Å². The highest BCUT2D eigenvalue weighted by atomic mass is 127. The summed E-state index contributed by atoms with van der Waals surface area (Å²) < 4.78 is 0. The van der Waals surface area contributed by atoms with Crippen LogP contribution in [-0.4, -0.2) is 54.9 Å². The monoisotopic (exact) mass is 526 g/mol. The Labute approximate surface area is 189 Å². The number of benzene rings is 1. The molecule has 2 rings (SSSR count). The summed E-state index contributed by atoms with van der Waals surface area (Å²) in [5.41, 5.74) is 1.07. The van der Waals surface area contributed by atoms with Gasteiger partial charge in [-0.1, -0.05) is 36.2 Å². The van der Waals surface area contributed by atoms with Gasteiger partial charge in [0.2, 0.25) is 5.91 Å². The lowest BCUT2D eigenvalue weighted by molar-refractivity contribution is -0.129. The number of hydrogen-bond acceptors (Lipinski definition) is 2. The molecule has 1 aliphatic rings. The highest BCUT2D eigenvalue weighted by Gasteiger charge is 2.26. The first kappa shape index (κ1) is 24.3. The van der Waals surface area contributed by atoms with E-state index in [-0.39, 0.29) is 29.9 Å². The second kappa shape index (κ2) is 12.0. The lowest BCUT2D eigenvalue weighted by Crippen LogP contribution is -2.42. The number of hydrogen-bond donors (Lipinski definition) is 1. The number of nitrogens with zero attached hydrogens (tertiary/aromatic N) is 3. The topological polar surface area (TPSA) is 47.9 Å². The van der Waals surface area contributed by atoms with Crippen LogP contribution in [0.3, 0.4) is 0 Å². The highest BCUT2D eigenvalue weighted by molar-refractivity contribution is 14.0. The number of rotatable bonds is 7. The van der Waals surface area contributed by atoms with Crippen molar-refractivity contribution in [3.8, 4) is 0 Å². The number of carbonyl (C=O) groups excluding carboxylic acids is 1. The molecule has 1 unspecified atom stereocenters. The normalized spacial score (nSPS) is 15.5. The molecule has 1 N–H and O–H groups in total. The summed E-state index contributed by atoms with van der Waals surface area (Å²) in [5.74, 6) is 1.11. The smallest absolute Gasteiger partial charge is 0.222 e. The third-order valence-corrected chi connectivity index (χ3v) is 5.50. The van der Waals surface area contributed by atoms with Gasteiger partial charge in [0.15, 0.2) is 5.96 Å². The largest absolute Gasteiger partial charge is 0.356 e. The summed E-state index contributed by atoms with van der Waals surface area (Å²) in [6.45, 7) is 4.49. The molecule has 8 heteroatoms. The van der Waals surface area contributed by atoms with Gasteiger partial charge in [0.05, 0.1) is 10.0 Å². The van der Waals surface area contributed by atoms with Crippen molar-refractivity contribution < 1.29 is 4.79 Å². The summed E-state index contributed by atoms with van der Waals surface area (Å²) in [6, 6.07) is 5.95. The van der Waals surface area contributed by atoms with Gasteiger partial charge in [0.1, 0.15) is 0 Å². The predicted molar refractivity (Wildman–Crippen MR) is 124 cm³/mol. The van der Waals surface area contributed by atoms with Crippen molar-refractivity contribution in [2.45, 2.75) is 45.2 Å². The Kier molecular flexibility index (Phi) is 10.8. The van der Waals surface area contributed by atoms with E-state index in [9.17, 15) is 4.79 Å². The maximum atomic E-state index is 11.9. The first-order valence-electron chi connectivity index (χ1n) is 9.11. The van der Waals surface area contributed by atoms with Crippen LogP contribution < -0.4 is 5.32 Å². The number of likely N-dealkylation sites (tertiary alicyclic amines) is 1. The summed E-state index contributed by atoms with van der Waals surface area (Å²) in [5, 5.41) is 4.51. The van der Waals surface area contributed by atoms with Crippen molar-refractivity contribution in [2.24, 2.45) is 4.99 Å². The van der Waals surface area contributed by atoms with E-state index in [1.54, 1.807) is 7.05 Å². The molecule has 0 saturated carbocycles. The minimum atomic E-state index is 0. The molecule has 0 spiro atoms. The molecule has 1 heterocycles. The average molecular weight is 527 g/mol. The minimum Gasteiger partial charge on any atom is -0.356 e. The van der Waals surface area contributed by atoms with E-state index >= 15 is 0 Å². The number of amides is 1. The fraction of sp³-hybridized carbons (Fsp3) is 0.579. The van der Waals surface area contributed by atoms with E-state index in [1.165, 1.54) is 0 Å². The molecule has 1 saturated heterocycles. The Bertz CT molecular complexity index is 657. The Morgan fingerprint density at radius 1 is 1.37 bits per heavy atom. The van der Waals surface area contributed by atoms with Crippen LogP contribution in [0.1, 0.15) is 38.2 Å². The van der Waals surface area contributed by atoms with Crippen molar-refractivity contribution in [2.75, 3.05) is 27.2 Å². The van der Waals surface area contributed by atoms with Crippen LogP contribution in [0.2, 0.25) is 10.0 Å². The van der Waals surface area contributed by atoms with Crippen molar-refractivity contribution in [3.05, 3.63) is 33.8 Å². The standard InChI is InChI=1S/C19H28Cl2N4O.HI/c1-4-15(25-11-5-6-18(25)26)9-10-23-19(22-2)24(3)13-14-7-8-16(20)17(21)12-14;/h7-8,12,15H,4-6,9-11,13H2,1-3H3,(H,22,23);1H. The molecular weight excluding hydrogens is 498 g/mol. The molecule has 1 fully saturated rings. The van der Waals surface area contributed by atoms with Crippen LogP contribution in [-0.2, 0) is 11.3 Å². The molecule has 1 amide bonds. The van der Waals surface area contributed by atoms with Crippen molar-refractivity contribution in [1.29, 1.82) is 0 Å². The van der Waals surface area contributed by atoms with E-state index in [4.69, 9.17) is 23.2 Å². The van der Waals surface area contributed by atoms with Crippen molar-refractivity contribution in [1.82, 2.24) is 15.1 Å². The van der Waals surface area contributed by atoms with Crippen molar-refractivity contribution in [3.63, 3.8) is 0 Å². The maximum Gasteiger partial charge on any atom is 0.222 e. The molecule has 1 aromatic rings. The lowest BCUT2D eigenvalue weighted by atomic mass is 10.1. The van der Waals surface area contributed by atoms with Crippen molar-refractivity contribution >= 4 is 59.0 Å². The number of carbonyl (C=O) groups is 1. The summed E-state index contributed by atoms with van der Waals surface area (Å²) in [4.78, 5) is 20.4. The van der Waals surface area contributed by atoms with Gasteiger partial charge in [-0.3, -0.25) is 9.79 Å². The van der Waals surface area contributed by atoms with Gasteiger partial charge in [-0.05, 0) is 37.0 Å². The molecule has 1 aliphatic heterocycles. The van der Waals surface area contributed by atoms with Crippen LogP contribution in [0.15, 0.2) is 23.2 Å². The Morgan fingerprint density at radius 2 is 2.11 bits per heavy atom. The lowest BCUT2D eigenvalue weighted by Gasteiger charge is -2.28. The molecular formula is C19H29Cl2IN4O. The van der Waals surface area contributed by atoms with E-state index in [1.807, 2.05) is 35.0 Å². The zero-order valence-corrected chi connectivity index (χ0v) is 20.0. The Hall–Kier alpha value is -0.730. The van der Waals surface area contributed by atoms with Crippen LogP contribution >= 0.6 is 47.2 Å². The number of aliphatic imine (C=N–C) groups is 1. The van der Waals surface area contributed by atoms with E-state index in [0.717, 1.165) is 43.9 Å². The van der Waals surface area contributed by atoms with Crippen LogP contribution in [0.25, 0.3) is 0 Å². The fourth-order valence-corrected chi connectivity index (χ4v) is 3.68. The van der Waals surface area contributed by atoms with Gasteiger partial charge in [-0.15, -0.1) is 24.0 Å². The molecule has 1 aromatic carbocycles. The van der Waals surface area contributed by atoms with Crippen LogP contribution in [0.5, 0.6) is 0 Å².